The van der Waals surface area contributed by atoms with Gasteiger partial charge in [0, 0.05) is 22.5 Å². The predicted molar refractivity (Wildman–Crippen MR) is 140 cm³/mol. The summed E-state index contributed by atoms with van der Waals surface area (Å²) >= 11 is 0. The van der Waals surface area contributed by atoms with Crippen molar-refractivity contribution < 1.29 is 19.2 Å². The van der Waals surface area contributed by atoms with Gasteiger partial charge in [-0.25, -0.2) is 0 Å². The minimum atomic E-state index is -1.27. The third kappa shape index (κ3) is 4.62. The monoisotopic (exact) mass is 480 g/mol. The van der Waals surface area contributed by atoms with Gasteiger partial charge in [-0.05, 0) is 64.1 Å². The number of anilines is 2. The van der Waals surface area contributed by atoms with Gasteiger partial charge < -0.3 is 10.6 Å². The quantitative estimate of drug-likeness (QED) is 0.452. The molecule has 36 heavy (non-hydrogen) atoms. The summed E-state index contributed by atoms with van der Waals surface area (Å²) in [4.78, 5) is 52.3. The van der Waals surface area contributed by atoms with Gasteiger partial charge in [-0.2, -0.15) is 0 Å². The lowest BCUT2D eigenvalue weighted by Crippen LogP contribution is -2.41. The predicted octanol–water partition coefficient (Wildman–Crippen LogP) is 5.19. The molecule has 0 bridgehead atoms. The van der Waals surface area contributed by atoms with Crippen molar-refractivity contribution in [2.75, 3.05) is 10.6 Å². The van der Waals surface area contributed by atoms with Crippen LogP contribution in [-0.4, -0.2) is 23.1 Å². The highest BCUT2D eigenvalue weighted by Crippen LogP contribution is 2.35. The Kier molecular flexibility index (Phi) is 6.46. The van der Waals surface area contributed by atoms with Gasteiger partial charge in [0.05, 0.1) is 22.2 Å². The van der Waals surface area contributed by atoms with Crippen molar-refractivity contribution in [3.63, 3.8) is 0 Å². The van der Waals surface area contributed by atoms with Gasteiger partial charge in [-0.3, -0.25) is 19.2 Å². The molecule has 2 aliphatic carbocycles. The second-order valence-corrected chi connectivity index (χ2v) is 9.91. The maximum atomic E-state index is 13.1. The van der Waals surface area contributed by atoms with Crippen molar-refractivity contribution in [2.45, 2.75) is 27.7 Å². The zero-order valence-corrected chi connectivity index (χ0v) is 20.7. The van der Waals surface area contributed by atoms with Gasteiger partial charge in [-0.15, -0.1) is 0 Å². The molecule has 6 heteroatoms. The molecule has 4 rings (SSSR count). The number of carbonyl (C=O) groups excluding carboxylic acids is 4. The van der Waals surface area contributed by atoms with E-state index in [2.05, 4.69) is 10.6 Å². The van der Waals surface area contributed by atoms with Crippen LogP contribution in [0.5, 0.6) is 0 Å². The molecule has 0 aromatic heterocycles. The molecule has 0 heterocycles. The van der Waals surface area contributed by atoms with Gasteiger partial charge in [0.15, 0.2) is 23.1 Å². The summed E-state index contributed by atoms with van der Waals surface area (Å²) in [5.74, 6) is -1.30. The normalized spacial score (nSPS) is 21.3. The number of Topliss-reactive ketones (excluding diaryl/α,β-unsaturated/α-hetero) is 4. The van der Waals surface area contributed by atoms with Crippen LogP contribution >= 0.6 is 0 Å². The van der Waals surface area contributed by atoms with Crippen LogP contribution in [0.4, 0.5) is 11.4 Å². The minimum Gasteiger partial charge on any atom is -0.353 e. The maximum absolute atomic E-state index is 13.1. The second-order valence-electron chi connectivity index (χ2n) is 9.91. The molecule has 0 saturated carbocycles. The van der Waals surface area contributed by atoms with Crippen molar-refractivity contribution in [1.29, 1.82) is 0 Å². The molecule has 2 aliphatic rings. The summed E-state index contributed by atoms with van der Waals surface area (Å²) in [6.07, 6.45) is 6.10. The molecule has 182 valence electrons. The molecular formula is C30H28N2O4. The number of benzene rings is 2. The van der Waals surface area contributed by atoms with Crippen LogP contribution in [0.1, 0.15) is 27.7 Å². The molecule has 0 amide bonds. The van der Waals surface area contributed by atoms with Gasteiger partial charge in [0.1, 0.15) is 0 Å². The molecule has 2 aromatic carbocycles. The molecule has 0 saturated heterocycles. The fourth-order valence-corrected chi connectivity index (χ4v) is 4.14. The number of nitrogens with one attached hydrogen (secondary N) is 2. The molecule has 0 unspecified atom stereocenters. The molecule has 0 atom stereocenters. The van der Waals surface area contributed by atoms with Gasteiger partial charge in [-0.1, -0.05) is 48.6 Å². The first-order valence-electron chi connectivity index (χ1n) is 11.7. The number of hydrogen-bond donors (Lipinski definition) is 2. The van der Waals surface area contributed by atoms with Crippen LogP contribution in [0.3, 0.4) is 0 Å². The minimum absolute atomic E-state index is 0.291. The number of para-hydroxylation sites is 2. The molecule has 0 aliphatic heterocycles. The lowest BCUT2D eigenvalue weighted by atomic mass is 9.73. The van der Waals surface area contributed by atoms with Crippen LogP contribution in [-0.2, 0) is 19.2 Å². The largest absolute Gasteiger partial charge is 0.353 e. The Bertz CT molecular complexity index is 1270. The molecule has 0 radical (unpaired) electrons. The van der Waals surface area contributed by atoms with Gasteiger partial charge >= 0.3 is 0 Å². The molecule has 0 fully saturated rings. The van der Waals surface area contributed by atoms with Crippen molar-refractivity contribution in [3.05, 3.63) is 108 Å². The van der Waals surface area contributed by atoms with E-state index in [9.17, 15) is 19.2 Å². The molecule has 0 spiro atoms. The Balaban J connectivity index is 1.74. The first-order chi connectivity index (χ1) is 17.0. The highest BCUT2D eigenvalue weighted by molar-refractivity contribution is 6.25. The van der Waals surface area contributed by atoms with Gasteiger partial charge in [0.25, 0.3) is 0 Å². The van der Waals surface area contributed by atoms with E-state index in [-0.39, 0.29) is 23.1 Å². The van der Waals surface area contributed by atoms with E-state index in [1.54, 1.807) is 39.8 Å². The standard InChI is InChI=1S/C30H28N2O4/c1-29(2)25(33)19(17-23(27(29)35)31-21-11-7-5-8-12-21)15-16-20-18-24(28(36)30(3,4)26(20)34)32-22-13-9-6-10-14-22/h5-18,31-32H,1-4H3/b19-15-,20-16-. The zero-order valence-electron chi connectivity index (χ0n) is 20.7. The first-order valence-corrected chi connectivity index (χ1v) is 11.7. The smallest absolute Gasteiger partial charge is 0.192 e. The maximum Gasteiger partial charge on any atom is 0.192 e. The third-order valence-electron chi connectivity index (χ3n) is 6.43. The van der Waals surface area contributed by atoms with E-state index in [0.717, 1.165) is 11.4 Å². The van der Waals surface area contributed by atoms with Crippen molar-refractivity contribution in [3.8, 4) is 0 Å². The topological polar surface area (TPSA) is 92.3 Å². The summed E-state index contributed by atoms with van der Waals surface area (Å²) in [5, 5.41) is 6.20. The van der Waals surface area contributed by atoms with Crippen LogP contribution < -0.4 is 10.6 Å². The number of rotatable bonds is 5. The van der Waals surface area contributed by atoms with Crippen molar-refractivity contribution in [2.24, 2.45) is 10.8 Å². The molecular weight excluding hydrogens is 452 g/mol. The van der Waals surface area contributed by atoms with Crippen LogP contribution in [0, 0.1) is 10.8 Å². The summed E-state index contributed by atoms with van der Waals surface area (Å²) in [6.45, 7) is 6.36. The summed E-state index contributed by atoms with van der Waals surface area (Å²) in [6, 6.07) is 18.4. The number of allylic oxidation sites excluding steroid dienone is 8. The lowest BCUT2D eigenvalue weighted by molar-refractivity contribution is -0.136. The number of hydrogen-bond acceptors (Lipinski definition) is 6. The van der Waals surface area contributed by atoms with Gasteiger partial charge in [0.2, 0.25) is 0 Å². The van der Waals surface area contributed by atoms with Crippen LogP contribution in [0.25, 0.3) is 0 Å². The van der Waals surface area contributed by atoms with Crippen molar-refractivity contribution in [1.82, 2.24) is 0 Å². The Morgan fingerprint density at radius 3 is 1.19 bits per heavy atom. The van der Waals surface area contributed by atoms with E-state index in [1.807, 2.05) is 60.7 Å². The fraction of sp³-hybridized carbons (Fsp3) is 0.200. The molecule has 6 nitrogen and oxygen atoms in total. The Hall–Kier alpha value is -4.32. The zero-order chi connectivity index (χ0) is 26.1. The first kappa shape index (κ1) is 24.8. The van der Waals surface area contributed by atoms with Crippen LogP contribution in [0.15, 0.2) is 108 Å². The van der Waals surface area contributed by atoms with E-state index >= 15 is 0 Å². The average Bonchev–Trinajstić information content (AvgIpc) is 2.86. The van der Waals surface area contributed by atoms with E-state index in [0.29, 0.717) is 22.5 Å². The summed E-state index contributed by atoms with van der Waals surface area (Å²) in [5.41, 5.74) is 0.0868. The highest BCUT2D eigenvalue weighted by atomic mass is 16.2. The van der Waals surface area contributed by atoms with E-state index in [1.165, 1.54) is 12.2 Å². The Morgan fingerprint density at radius 2 is 0.861 bits per heavy atom. The summed E-state index contributed by atoms with van der Waals surface area (Å²) in [7, 11) is 0. The van der Waals surface area contributed by atoms with E-state index in [4.69, 9.17) is 0 Å². The second kappa shape index (κ2) is 9.38. The third-order valence-corrected chi connectivity index (χ3v) is 6.43. The van der Waals surface area contributed by atoms with E-state index < -0.39 is 10.8 Å². The Morgan fingerprint density at radius 1 is 0.528 bits per heavy atom. The highest BCUT2D eigenvalue weighted by Gasteiger charge is 2.44. The average molecular weight is 481 g/mol. The number of ketones is 4. The Labute approximate surface area is 210 Å². The molecule has 2 aromatic rings. The summed E-state index contributed by atoms with van der Waals surface area (Å²) < 4.78 is 0. The SMILES string of the molecule is CC1(C)C(=O)C(Nc2ccccc2)=C/C(=C/C=C2/C=C(Nc3ccccc3)C(=O)C(C)(C)C2=O)C1=O. The van der Waals surface area contributed by atoms with Crippen LogP contribution in [0.2, 0.25) is 0 Å². The molecule has 2 N–H and O–H groups in total. The van der Waals surface area contributed by atoms with Crippen molar-refractivity contribution >= 4 is 34.5 Å². The fourth-order valence-electron chi connectivity index (χ4n) is 4.14. The lowest BCUT2D eigenvalue weighted by Gasteiger charge is -2.29. The number of carbonyl (C=O) groups is 4.